The number of nitrogens with zero attached hydrogens (tertiary/aromatic N) is 2. The van der Waals surface area contributed by atoms with Crippen molar-refractivity contribution in [3.8, 4) is 0 Å². The molecule has 0 fully saturated rings. The van der Waals surface area contributed by atoms with Gasteiger partial charge in [-0.05, 0) is 0 Å². The van der Waals surface area contributed by atoms with Crippen molar-refractivity contribution in [2.24, 2.45) is 0 Å². The molecule has 0 unspecified atom stereocenters. The monoisotopic (exact) mass is 421 g/mol. The molecule has 0 aromatic rings. The van der Waals surface area contributed by atoms with E-state index in [1.807, 2.05) is 0 Å². The molecular formula is C10H18FeN2NaO11. The number of carbonyl (C=O) groups is 4. The zero-order valence-corrected chi connectivity index (χ0v) is 16.4. The van der Waals surface area contributed by atoms with Crippen molar-refractivity contribution in [1.29, 1.82) is 0 Å². The van der Waals surface area contributed by atoms with Gasteiger partial charge in [0.05, 0.1) is 23.9 Å². The molecular weight excluding hydrogens is 403 g/mol. The summed E-state index contributed by atoms with van der Waals surface area (Å²) < 4.78 is 0. The van der Waals surface area contributed by atoms with Crippen molar-refractivity contribution < 1.29 is 103 Å². The molecule has 0 aliphatic heterocycles. The molecule has 0 atom stereocenters. The first-order valence-corrected chi connectivity index (χ1v) is 5.44. The van der Waals surface area contributed by atoms with Crippen LogP contribution in [0, 0.1) is 0 Å². The first-order chi connectivity index (χ1) is 9.20. The van der Waals surface area contributed by atoms with Gasteiger partial charge in [-0.3, -0.25) is 9.80 Å². The van der Waals surface area contributed by atoms with Crippen molar-refractivity contribution in [3.63, 3.8) is 0 Å². The van der Waals surface area contributed by atoms with Gasteiger partial charge < -0.3 is 56.0 Å². The maximum Gasteiger partial charge on any atom is 3.00 e. The van der Waals surface area contributed by atoms with Gasteiger partial charge in [-0.25, -0.2) is 0 Å². The van der Waals surface area contributed by atoms with E-state index >= 15 is 0 Å². The smallest absolute Gasteiger partial charge is 0.549 e. The molecule has 0 rings (SSSR count). The third-order valence-corrected chi connectivity index (χ3v) is 2.14. The summed E-state index contributed by atoms with van der Waals surface area (Å²) in [7, 11) is 0. The van der Waals surface area contributed by atoms with E-state index in [-0.39, 0.29) is 76.1 Å². The van der Waals surface area contributed by atoms with E-state index in [1.165, 1.54) is 0 Å². The van der Waals surface area contributed by atoms with Crippen LogP contribution in [0.4, 0.5) is 0 Å². The Kier molecular flexibility index (Phi) is 33.4. The van der Waals surface area contributed by atoms with Gasteiger partial charge in [-0.2, -0.15) is 0 Å². The zero-order chi connectivity index (χ0) is 15.7. The maximum atomic E-state index is 10.4. The van der Waals surface area contributed by atoms with E-state index in [2.05, 4.69) is 0 Å². The number of aliphatic carboxylic acids is 4. The molecule has 1 radical (unpaired) electrons. The molecule has 0 amide bonds. The Labute approximate surface area is 175 Å². The van der Waals surface area contributed by atoms with E-state index in [1.54, 1.807) is 0 Å². The molecule has 0 saturated heterocycles. The number of hydrogen-bond donors (Lipinski definition) is 0. The number of carboxylic acids is 4. The second-order valence-corrected chi connectivity index (χ2v) is 3.91. The minimum absolute atomic E-state index is 0. The molecule has 0 aliphatic carbocycles. The quantitative estimate of drug-likeness (QED) is 0.284. The van der Waals surface area contributed by atoms with E-state index in [0.717, 1.165) is 9.80 Å². The van der Waals surface area contributed by atoms with E-state index in [9.17, 15) is 39.6 Å². The molecule has 0 heterocycles. The maximum absolute atomic E-state index is 10.4. The van der Waals surface area contributed by atoms with Crippen molar-refractivity contribution in [3.05, 3.63) is 0 Å². The minimum Gasteiger partial charge on any atom is -0.549 e. The van der Waals surface area contributed by atoms with E-state index in [0.29, 0.717) is 0 Å². The Morgan fingerprint density at radius 3 is 0.840 bits per heavy atom. The summed E-state index contributed by atoms with van der Waals surface area (Å²) >= 11 is 0. The van der Waals surface area contributed by atoms with E-state index in [4.69, 9.17) is 0 Å². The Morgan fingerprint density at radius 2 is 0.720 bits per heavy atom. The van der Waals surface area contributed by atoms with Crippen LogP contribution in [0.3, 0.4) is 0 Å². The summed E-state index contributed by atoms with van der Waals surface area (Å²) in [6.07, 6.45) is 0. The third-order valence-electron chi connectivity index (χ3n) is 2.14. The van der Waals surface area contributed by atoms with Crippen LogP contribution in [0.2, 0.25) is 0 Å². The second kappa shape index (κ2) is 21.2. The Morgan fingerprint density at radius 1 is 0.560 bits per heavy atom. The van der Waals surface area contributed by atoms with Gasteiger partial charge in [0.1, 0.15) is 0 Å². The summed E-state index contributed by atoms with van der Waals surface area (Å²) in [4.78, 5) is 43.4. The van der Waals surface area contributed by atoms with Gasteiger partial charge in [-0.1, -0.05) is 0 Å². The van der Waals surface area contributed by atoms with Crippen LogP contribution in [0.5, 0.6) is 0 Å². The van der Waals surface area contributed by atoms with Gasteiger partial charge in [-0.15, -0.1) is 0 Å². The van der Waals surface area contributed by atoms with Gasteiger partial charge in [0.15, 0.2) is 0 Å². The number of carbonyl (C=O) groups excluding carboxylic acids is 4. The van der Waals surface area contributed by atoms with Crippen LogP contribution in [-0.2, 0) is 36.2 Å². The molecule has 6 N–H and O–H groups in total. The predicted molar refractivity (Wildman–Crippen MR) is 63.7 cm³/mol. The van der Waals surface area contributed by atoms with Crippen molar-refractivity contribution >= 4 is 23.9 Å². The van der Waals surface area contributed by atoms with Crippen molar-refractivity contribution in [1.82, 2.24) is 9.80 Å². The molecule has 0 aromatic heterocycles. The number of rotatable bonds is 11. The molecule has 0 aliphatic rings. The predicted octanol–water partition coefficient (Wildman–Crippen LogP) is -12.9. The van der Waals surface area contributed by atoms with Gasteiger partial charge >= 0.3 is 46.6 Å². The van der Waals surface area contributed by atoms with Crippen LogP contribution < -0.4 is 50.0 Å². The molecule has 143 valence electrons. The van der Waals surface area contributed by atoms with Crippen LogP contribution in [0.1, 0.15) is 0 Å². The van der Waals surface area contributed by atoms with Gasteiger partial charge in [0.25, 0.3) is 0 Å². The summed E-state index contributed by atoms with van der Waals surface area (Å²) in [5.41, 5.74) is 0. The first kappa shape index (κ1) is 39.3. The van der Waals surface area contributed by atoms with Crippen molar-refractivity contribution in [2.75, 3.05) is 39.3 Å². The fourth-order valence-corrected chi connectivity index (χ4v) is 1.44. The summed E-state index contributed by atoms with van der Waals surface area (Å²) in [6, 6.07) is 0. The largest absolute Gasteiger partial charge is 3.00 e. The Hall–Kier alpha value is -0.801. The Balaban J connectivity index is -0.000000180. The average molecular weight is 421 g/mol. The molecule has 0 spiro atoms. The summed E-state index contributed by atoms with van der Waals surface area (Å²) in [5.74, 6) is -6.12. The second-order valence-electron chi connectivity index (χ2n) is 3.91. The van der Waals surface area contributed by atoms with Crippen molar-refractivity contribution in [2.45, 2.75) is 0 Å². The molecule has 0 bridgehead atoms. The van der Waals surface area contributed by atoms with Crippen LogP contribution in [0.25, 0.3) is 0 Å². The summed E-state index contributed by atoms with van der Waals surface area (Å²) in [5, 5.41) is 41.6. The van der Waals surface area contributed by atoms with Crippen LogP contribution >= 0.6 is 0 Å². The van der Waals surface area contributed by atoms with Crippen LogP contribution in [0.15, 0.2) is 0 Å². The topological polar surface area (TPSA) is 262 Å². The zero-order valence-electron chi connectivity index (χ0n) is 13.3. The van der Waals surface area contributed by atoms with Crippen LogP contribution in [-0.4, -0.2) is 89.4 Å². The third kappa shape index (κ3) is 25.6. The number of carboxylic acid groups (broad SMARTS) is 4. The Bertz CT molecular complexity index is 331. The number of hydrogen-bond acceptors (Lipinski definition) is 10. The molecule has 13 nitrogen and oxygen atoms in total. The summed E-state index contributed by atoms with van der Waals surface area (Å²) in [6.45, 7) is -3.25. The molecule has 0 aromatic carbocycles. The minimum atomic E-state index is -1.53. The fourth-order valence-electron chi connectivity index (χ4n) is 1.44. The fraction of sp³-hybridized carbons (Fsp3) is 0.600. The molecule has 0 saturated carbocycles. The van der Waals surface area contributed by atoms with Gasteiger partial charge in [0.2, 0.25) is 0 Å². The standard InChI is InChI=1S/C10H16N2O8.Fe.Na.3H2O/c13-7(14)3-11(4-8(15)16)1-2-12(5-9(17)18)6-10(19)20;;;;;/h1-6H2,(H,13,14)(H,15,16)(H,17,18)(H,19,20);;;3*1H2/q;+3;+1;;;/p-4. The van der Waals surface area contributed by atoms with E-state index < -0.39 is 50.1 Å². The SMILES string of the molecule is O.O.O.O=C([O-])CN(CCN(CC(=O)[O-])CC(=O)[O-])CC(=O)[O-].[Fe+3].[Na+]. The first-order valence-electron chi connectivity index (χ1n) is 5.44. The molecule has 15 heteroatoms. The average Bonchev–Trinajstić information content (AvgIpc) is 2.22. The van der Waals surface area contributed by atoms with Gasteiger partial charge in [0, 0.05) is 39.3 Å². The normalized spacial score (nSPS) is 8.56. The molecule has 25 heavy (non-hydrogen) atoms.